The molecule has 43 heavy (non-hydrogen) atoms. The van der Waals surface area contributed by atoms with E-state index < -0.39 is 33.4 Å². The van der Waals surface area contributed by atoms with Crippen LogP contribution < -0.4 is 9.62 Å². The highest BCUT2D eigenvalue weighted by atomic mass is 32.2. The predicted octanol–water partition coefficient (Wildman–Crippen LogP) is 4.68. The molecule has 3 aromatic carbocycles. The maximum absolute atomic E-state index is 14.3. The van der Waals surface area contributed by atoms with Crippen molar-refractivity contribution in [1.29, 1.82) is 0 Å². The zero-order valence-corrected chi connectivity index (χ0v) is 25.5. The highest BCUT2D eigenvalue weighted by molar-refractivity contribution is 7.92. The van der Waals surface area contributed by atoms with Crippen LogP contribution in [0, 0.1) is 24.0 Å². The van der Waals surface area contributed by atoms with E-state index >= 15 is 0 Å². The van der Waals surface area contributed by atoms with E-state index in [-0.39, 0.29) is 36.3 Å². The van der Waals surface area contributed by atoms with Gasteiger partial charge in [0.15, 0.2) is 0 Å². The highest BCUT2D eigenvalue weighted by Gasteiger charge is 2.34. The summed E-state index contributed by atoms with van der Waals surface area (Å²) in [5.74, 6) is -0.894. The summed E-state index contributed by atoms with van der Waals surface area (Å²) >= 11 is 0. The van der Waals surface area contributed by atoms with Crippen LogP contribution in [0.1, 0.15) is 47.9 Å². The first-order valence-corrected chi connectivity index (χ1v) is 16.2. The van der Waals surface area contributed by atoms with Gasteiger partial charge in [0.25, 0.3) is 5.69 Å². The largest absolute Gasteiger partial charge is 0.352 e. The number of sulfonamides is 1. The zero-order valence-electron chi connectivity index (χ0n) is 24.7. The number of rotatable bonds is 12. The average Bonchev–Trinajstić information content (AvgIpc) is 3.47. The summed E-state index contributed by atoms with van der Waals surface area (Å²) in [4.78, 5) is 40.5. The van der Waals surface area contributed by atoms with Crippen LogP contribution >= 0.6 is 0 Å². The van der Waals surface area contributed by atoms with Crippen molar-refractivity contribution in [3.63, 3.8) is 0 Å². The van der Waals surface area contributed by atoms with Crippen molar-refractivity contribution in [3.8, 4) is 0 Å². The van der Waals surface area contributed by atoms with Crippen LogP contribution in [0.2, 0.25) is 0 Å². The van der Waals surface area contributed by atoms with Crippen LogP contribution in [0.15, 0.2) is 72.8 Å². The average molecular weight is 607 g/mol. The molecule has 0 saturated heterocycles. The van der Waals surface area contributed by atoms with Gasteiger partial charge in [-0.3, -0.25) is 24.0 Å². The number of anilines is 1. The minimum Gasteiger partial charge on any atom is -0.352 e. The van der Waals surface area contributed by atoms with Gasteiger partial charge in [-0.1, -0.05) is 79.1 Å². The molecule has 0 heterocycles. The lowest BCUT2D eigenvalue weighted by atomic mass is 10.0. The van der Waals surface area contributed by atoms with Gasteiger partial charge in [0.1, 0.15) is 12.6 Å². The third-order valence-corrected chi connectivity index (χ3v) is 8.89. The Morgan fingerprint density at radius 3 is 2.28 bits per heavy atom. The molecule has 228 valence electrons. The van der Waals surface area contributed by atoms with Gasteiger partial charge in [-0.15, -0.1) is 0 Å². The molecule has 0 bridgehead atoms. The van der Waals surface area contributed by atoms with Gasteiger partial charge >= 0.3 is 0 Å². The third kappa shape index (κ3) is 8.41. The van der Waals surface area contributed by atoms with E-state index in [0.29, 0.717) is 5.56 Å². The molecule has 0 aromatic heterocycles. The lowest BCUT2D eigenvalue weighted by molar-refractivity contribution is -0.384. The Kier molecular flexibility index (Phi) is 10.2. The van der Waals surface area contributed by atoms with Gasteiger partial charge in [-0.25, -0.2) is 8.42 Å². The van der Waals surface area contributed by atoms with E-state index in [2.05, 4.69) is 5.32 Å². The number of nitro groups is 1. The molecule has 1 N–H and O–H groups in total. The monoisotopic (exact) mass is 606 g/mol. The Morgan fingerprint density at radius 1 is 0.977 bits per heavy atom. The predicted molar refractivity (Wildman–Crippen MR) is 166 cm³/mol. The van der Waals surface area contributed by atoms with Crippen molar-refractivity contribution in [3.05, 3.63) is 105 Å². The van der Waals surface area contributed by atoms with Gasteiger partial charge in [0, 0.05) is 31.1 Å². The molecule has 0 spiro atoms. The van der Waals surface area contributed by atoms with E-state index in [1.54, 1.807) is 6.92 Å². The first-order valence-electron chi connectivity index (χ1n) is 14.3. The Hall–Kier alpha value is -4.25. The summed E-state index contributed by atoms with van der Waals surface area (Å²) in [6, 6.07) is 20.0. The van der Waals surface area contributed by atoms with Gasteiger partial charge in [-0.05, 0) is 43.4 Å². The molecule has 1 aliphatic carbocycles. The van der Waals surface area contributed by atoms with E-state index in [0.717, 1.165) is 59.0 Å². The minimum atomic E-state index is -4.05. The van der Waals surface area contributed by atoms with Gasteiger partial charge < -0.3 is 10.2 Å². The maximum Gasteiger partial charge on any atom is 0.271 e. The first kappa shape index (κ1) is 31.7. The van der Waals surface area contributed by atoms with Crippen LogP contribution in [-0.4, -0.2) is 54.9 Å². The molecule has 3 aromatic rings. The fourth-order valence-corrected chi connectivity index (χ4v) is 6.40. The summed E-state index contributed by atoms with van der Waals surface area (Å²) < 4.78 is 27.0. The smallest absolute Gasteiger partial charge is 0.271 e. The van der Waals surface area contributed by atoms with Gasteiger partial charge in [0.2, 0.25) is 21.8 Å². The molecular weight excluding hydrogens is 568 g/mol. The fraction of sp³-hybridized carbons (Fsp3) is 0.375. The summed E-state index contributed by atoms with van der Waals surface area (Å²) in [5.41, 5.74) is 2.81. The molecular formula is C32H38N4O6S. The second kappa shape index (κ2) is 13.8. The molecule has 10 nitrogen and oxygen atoms in total. The van der Waals surface area contributed by atoms with Crippen LogP contribution in [0.5, 0.6) is 0 Å². The quantitative estimate of drug-likeness (QED) is 0.236. The Labute approximate surface area is 252 Å². The number of carbonyl (C=O) groups excluding carboxylic acids is 2. The van der Waals surface area contributed by atoms with E-state index in [1.165, 1.54) is 17.0 Å². The maximum atomic E-state index is 14.3. The second-order valence-corrected chi connectivity index (χ2v) is 13.1. The van der Waals surface area contributed by atoms with Crippen molar-refractivity contribution in [2.75, 3.05) is 17.1 Å². The highest BCUT2D eigenvalue weighted by Crippen LogP contribution is 2.28. The van der Waals surface area contributed by atoms with Crippen LogP contribution in [0.4, 0.5) is 11.4 Å². The molecule has 1 atom stereocenters. The summed E-state index contributed by atoms with van der Waals surface area (Å²) in [6.07, 6.45) is 4.95. The number of hydrogen-bond acceptors (Lipinski definition) is 6. The standard InChI is InChI=1S/C32H38N4O6S/c1-23-10-9-13-26(18-23)21-34(30(19-25-11-5-4-6-12-25)32(38)33-27-14-7-8-15-27)31(37)22-35(43(3,41)42)29-20-28(36(39)40)17-16-24(29)2/h4-6,9-13,16-18,20,27,30H,7-8,14-15,19,21-22H2,1-3H3,(H,33,38)/t30-/m1/s1. The number of amides is 2. The van der Waals surface area contributed by atoms with Crippen LogP contribution in [-0.2, 0) is 32.6 Å². The minimum absolute atomic E-state index is 0.0155. The number of aryl methyl sites for hydroxylation is 2. The Bertz CT molecular complexity index is 1570. The fourth-order valence-electron chi connectivity index (χ4n) is 5.50. The normalized spacial score (nSPS) is 14.2. The molecule has 0 radical (unpaired) electrons. The topological polar surface area (TPSA) is 130 Å². The van der Waals surface area contributed by atoms with Gasteiger partial charge in [-0.2, -0.15) is 0 Å². The molecule has 1 fully saturated rings. The number of nitrogens with zero attached hydrogens (tertiary/aromatic N) is 3. The van der Waals surface area contributed by atoms with Crippen molar-refractivity contribution < 1.29 is 22.9 Å². The number of carbonyl (C=O) groups is 2. The number of hydrogen-bond donors (Lipinski definition) is 1. The second-order valence-electron chi connectivity index (χ2n) is 11.2. The first-order chi connectivity index (χ1) is 20.4. The lowest BCUT2D eigenvalue weighted by Crippen LogP contribution is -2.54. The zero-order chi connectivity index (χ0) is 31.1. The summed E-state index contributed by atoms with van der Waals surface area (Å²) in [7, 11) is -4.05. The van der Waals surface area contributed by atoms with Crippen molar-refractivity contribution in [2.24, 2.45) is 0 Å². The molecule has 1 aliphatic rings. The molecule has 0 aliphatic heterocycles. The number of nitrogens with one attached hydrogen (secondary N) is 1. The Balaban J connectivity index is 1.76. The third-order valence-electron chi connectivity index (χ3n) is 7.76. The molecule has 11 heteroatoms. The van der Waals surface area contributed by atoms with Crippen molar-refractivity contribution in [1.82, 2.24) is 10.2 Å². The summed E-state index contributed by atoms with van der Waals surface area (Å²) in [5, 5.41) is 14.6. The van der Waals surface area contributed by atoms with E-state index in [4.69, 9.17) is 0 Å². The molecule has 4 rings (SSSR count). The SMILES string of the molecule is Cc1cccc(CN(C(=O)CN(c2cc([N+](=O)[O-])ccc2C)S(C)(=O)=O)[C@H](Cc2ccccc2)C(=O)NC2CCCC2)c1. The van der Waals surface area contributed by atoms with Crippen molar-refractivity contribution >= 4 is 33.2 Å². The van der Waals surface area contributed by atoms with Gasteiger partial charge in [0.05, 0.1) is 16.9 Å². The van der Waals surface area contributed by atoms with Crippen molar-refractivity contribution in [2.45, 2.75) is 64.6 Å². The van der Waals surface area contributed by atoms with Crippen LogP contribution in [0.25, 0.3) is 0 Å². The Morgan fingerprint density at radius 2 is 1.65 bits per heavy atom. The lowest BCUT2D eigenvalue weighted by Gasteiger charge is -2.34. The summed E-state index contributed by atoms with van der Waals surface area (Å²) in [6.45, 7) is 3.00. The number of non-ortho nitro benzene ring substituents is 1. The van der Waals surface area contributed by atoms with E-state index in [9.17, 15) is 28.1 Å². The van der Waals surface area contributed by atoms with Crippen LogP contribution in [0.3, 0.4) is 0 Å². The number of nitro benzene ring substituents is 1. The molecule has 1 saturated carbocycles. The number of benzene rings is 3. The van der Waals surface area contributed by atoms with E-state index in [1.807, 2.05) is 61.5 Å². The molecule has 2 amide bonds. The molecule has 0 unspecified atom stereocenters.